The van der Waals surface area contributed by atoms with E-state index in [0.717, 1.165) is 41.9 Å². The zero-order valence-electron chi connectivity index (χ0n) is 26.1. The molecule has 4 aromatic rings. The van der Waals surface area contributed by atoms with Crippen LogP contribution in [0.1, 0.15) is 42.1 Å². The van der Waals surface area contributed by atoms with Gasteiger partial charge in [0.15, 0.2) is 0 Å². The summed E-state index contributed by atoms with van der Waals surface area (Å²) in [5.41, 5.74) is 3.66. The number of likely N-dealkylation sites (N-methyl/N-ethyl adjacent to an activating group) is 1. The molecule has 2 unspecified atom stereocenters. The fraction of sp³-hybridized carbons (Fsp3) is 0.371. The average Bonchev–Trinajstić information content (AvgIpc) is 3.34. The second-order valence-corrected chi connectivity index (χ2v) is 18.3. The number of likely N-dealkylation sites (tertiary alicyclic amines) is 1. The van der Waals surface area contributed by atoms with Crippen LogP contribution in [0.2, 0.25) is 25.7 Å². The number of anilines is 1. The summed E-state index contributed by atoms with van der Waals surface area (Å²) in [6.07, 6.45) is 3.33. The van der Waals surface area contributed by atoms with Gasteiger partial charge in [0.05, 0.1) is 11.6 Å². The standard InChI is InChI=1S/C35H42FN5O2Si/c1-40-20-9-8-15-33(40)34(27-12-6-5-7-13-27)38-35(42)37-29-17-19-32-30(24-29)31(18-16-26-11-10-14-28(36)23-26)39-41(32)25-43-21-22-44(2,3)4/h5-7,10-14,17,19,23-24,33-34H,8-9,15,20-22,25H2,1-4H3,(H2,37,38,42). The van der Waals surface area contributed by atoms with Crippen LogP contribution in [-0.2, 0) is 11.5 Å². The van der Waals surface area contributed by atoms with Crippen molar-refractivity contribution in [3.8, 4) is 11.8 Å². The molecule has 230 valence electrons. The number of carbonyl (C=O) groups excluding carboxylic acids is 1. The molecule has 1 aromatic heterocycles. The highest BCUT2D eigenvalue weighted by atomic mass is 28.3. The van der Waals surface area contributed by atoms with Gasteiger partial charge in [-0.05, 0) is 80.4 Å². The van der Waals surface area contributed by atoms with Gasteiger partial charge in [0.25, 0.3) is 0 Å². The Labute approximate surface area is 260 Å². The molecule has 0 spiro atoms. The van der Waals surface area contributed by atoms with Crippen molar-refractivity contribution in [3.05, 3.63) is 95.4 Å². The van der Waals surface area contributed by atoms with Crippen LogP contribution in [0.5, 0.6) is 0 Å². The van der Waals surface area contributed by atoms with Crippen LogP contribution >= 0.6 is 0 Å². The predicted molar refractivity (Wildman–Crippen MR) is 178 cm³/mol. The maximum Gasteiger partial charge on any atom is 0.319 e. The zero-order valence-corrected chi connectivity index (χ0v) is 27.1. The molecule has 1 fully saturated rings. The molecule has 2 N–H and O–H groups in total. The molecule has 0 bridgehead atoms. The number of hydrogen-bond acceptors (Lipinski definition) is 4. The molecular weight excluding hydrogens is 570 g/mol. The lowest BCUT2D eigenvalue weighted by atomic mass is 9.91. The van der Waals surface area contributed by atoms with E-state index in [0.29, 0.717) is 30.3 Å². The number of hydrogen-bond donors (Lipinski definition) is 2. The summed E-state index contributed by atoms with van der Waals surface area (Å²) in [7, 11) is 0.904. The Morgan fingerprint density at radius 1 is 1.07 bits per heavy atom. The van der Waals surface area contributed by atoms with Crippen LogP contribution in [0.15, 0.2) is 72.8 Å². The summed E-state index contributed by atoms with van der Waals surface area (Å²) in [5.74, 6) is 5.81. The number of benzene rings is 3. The lowest BCUT2D eigenvalue weighted by molar-refractivity contribution is 0.0816. The third-order valence-electron chi connectivity index (χ3n) is 8.03. The molecule has 9 heteroatoms. The molecule has 1 aliphatic heterocycles. The number of ether oxygens (including phenoxy) is 1. The van der Waals surface area contributed by atoms with Crippen molar-refractivity contribution < 1.29 is 13.9 Å². The smallest absolute Gasteiger partial charge is 0.319 e. The minimum Gasteiger partial charge on any atom is -0.360 e. The molecule has 2 amide bonds. The van der Waals surface area contributed by atoms with Gasteiger partial charge in [-0.3, -0.25) is 0 Å². The molecule has 1 saturated heterocycles. The van der Waals surface area contributed by atoms with E-state index in [4.69, 9.17) is 9.84 Å². The lowest BCUT2D eigenvalue weighted by Crippen LogP contribution is -2.47. The molecule has 7 nitrogen and oxygen atoms in total. The molecule has 0 aliphatic carbocycles. The maximum atomic E-state index is 13.8. The van der Waals surface area contributed by atoms with Gasteiger partial charge in [0, 0.05) is 37.4 Å². The summed E-state index contributed by atoms with van der Waals surface area (Å²) < 4.78 is 21.6. The van der Waals surface area contributed by atoms with Crippen molar-refractivity contribution in [1.82, 2.24) is 20.0 Å². The molecule has 0 saturated carbocycles. The van der Waals surface area contributed by atoms with Crippen LogP contribution in [0.4, 0.5) is 14.9 Å². The van der Waals surface area contributed by atoms with Crippen LogP contribution in [0, 0.1) is 17.7 Å². The number of carbonyl (C=O) groups is 1. The summed E-state index contributed by atoms with van der Waals surface area (Å²) in [4.78, 5) is 15.8. The van der Waals surface area contributed by atoms with Crippen LogP contribution < -0.4 is 10.6 Å². The third kappa shape index (κ3) is 8.35. The van der Waals surface area contributed by atoms with Gasteiger partial charge in [-0.15, -0.1) is 0 Å². The van der Waals surface area contributed by atoms with E-state index < -0.39 is 8.07 Å². The third-order valence-corrected chi connectivity index (χ3v) is 9.73. The van der Waals surface area contributed by atoms with Gasteiger partial charge in [-0.25, -0.2) is 13.9 Å². The predicted octanol–water partition coefficient (Wildman–Crippen LogP) is 7.23. The van der Waals surface area contributed by atoms with E-state index in [1.54, 1.807) is 16.8 Å². The van der Waals surface area contributed by atoms with E-state index in [1.807, 2.05) is 36.4 Å². The number of nitrogens with zero attached hydrogens (tertiary/aromatic N) is 3. The number of halogens is 1. The first-order valence-corrected chi connectivity index (χ1v) is 19.1. The first-order valence-electron chi connectivity index (χ1n) is 15.3. The normalized spacial score (nSPS) is 16.2. The molecule has 2 atom stereocenters. The van der Waals surface area contributed by atoms with E-state index in [9.17, 15) is 9.18 Å². The van der Waals surface area contributed by atoms with E-state index in [1.165, 1.54) is 18.6 Å². The van der Waals surface area contributed by atoms with Crippen molar-refractivity contribution in [2.45, 2.75) is 63.8 Å². The topological polar surface area (TPSA) is 71.4 Å². The maximum absolute atomic E-state index is 13.8. The number of amides is 2. The second kappa shape index (κ2) is 14.2. The highest BCUT2D eigenvalue weighted by Gasteiger charge is 2.30. The number of fused-ring (bicyclic) bond motifs is 1. The summed E-state index contributed by atoms with van der Waals surface area (Å²) in [6, 6.07) is 22.9. The van der Waals surface area contributed by atoms with Crippen molar-refractivity contribution >= 4 is 30.7 Å². The first kappa shape index (κ1) is 31.5. The summed E-state index contributed by atoms with van der Waals surface area (Å²) in [6.45, 7) is 8.93. The molecule has 5 rings (SSSR count). The second-order valence-electron chi connectivity index (χ2n) is 12.7. The zero-order chi connectivity index (χ0) is 31.1. The molecule has 2 heterocycles. The van der Waals surface area contributed by atoms with Gasteiger partial charge >= 0.3 is 6.03 Å². The van der Waals surface area contributed by atoms with Gasteiger partial charge < -0.3 is 20.3 Å². The molecular formula is C35H42FN5O2Si. The number of nitrogens with one attached hydrogen (secondary N) is 2. The Morgan fingerprint density at radius 3 is 2.64 bits per heavy atom. The first-order chi connectivity index (χ1) is 21.2. The Bertz CT molecular complexity index is 1640. The van der Waals surface area contributed by atoms with Crippen molar-refractivity contribution in [3.63, 3.8) is 0 Å². The van der Waals surface area contributed by atoms with Crippen molar-refractivity contribution in [1.29, 1.82) is 0 Å². The van der Waals surface area contributed by atoms with Crippen molar-refractivity contribution in [2.75, 3.05) is 25.5 Å². The summed E-state index contributed by atoms with van der Waals surface area (Å²) >= 11 is 0. The Morgan fingerprint density at radius 2 is 1.89 bits per heavy atom. The molecule has 1 aliphatic rings. The summed E-state index contributed by atoms with van der Waals surface area (Å²) in [5, 5.41) is 11.8. The Kier molecular flexibility index (Phi) is 10.2. The SMILES string of the molecule is CN1CCCCC1C(NC(=O)Nc1ccc2c(c1)c(C#Cc1cccc(F)c1)nn2COCC[Si](C)(C)C)c1ccccc1. The molecule has 3 aromatic carbocycles. The highest BCUT2D eigenvalue weighted by Crippen LogP contribution is 2.28. The average molecular weight is 612 g/mol. The fourth-order valence-corrected chi connectivity index (χ4v) is 6.32. The lowest BCUT2D eigenvalue weighted by Gasteiger charge is -2.38. The van der Waals surface area contributed by atoms with Gasteiger partial charge in [0.2, 0.25) is 0 Å². The number of rotatable bonds is 9. The Balaban J connectivity index is 1.39. The van der Waals surface area contributed by atoms with Gasteiger partial charge in [-0.2, -0.15) is 5.10 Å². The quantitative estimate of drug-likeness (QED) is 0.119. The van der Waals surface area contributed by atoms with Crippen LogP contribution in [-0.4, -0.2) is 55.0 Å². The largest absolute Gasteiger partial charge is 0.360 e. The molecule has 0 radical (unpaired) electrons. The molecule has 44 heavy (non-hydrogen) atoms. The van der Waals surface area contributed by atoms with Crippen LogP contribution in [0.25, 0.3) is 10.9 Å². The fourth-order valence-electron chi connectivity index (χ4n) is 5.57. The Hall–Kier alpha value is -3.97. The van der Waals surface area contributed by atoms with E-state index in [2.05, 4.69) is 66.2 Å². The minimum absolute atomic E-state index is 0.144. The van der Waals surface area contributed by atoms with Crippen molar-refractivity contribution in [2.24, 2.45) is 0 Å². The number of aromatic nitrogens is 2. The van der Waals surface area contributed by atoms with E-state index in [-0.39, 0.29) is 23.9 Å². The van der Waals surface area contributed by atoms with Crippen LogP contribution in [0.3, 0.4) is 0 Å². The van der Waals surface area contributed by atoms with Gasteiger partial charge in [0.1, 0.15) is 18.2 Å². The monoisotopic (exact) mass is 611 g/mol. The number of piperidine rings is 1. The van der Waals surface area contributed by atoms with E-state index >= 15 is 0 Å². The number of urea groups is 1. The van der Waals surface area contributed by atoms with Gasteiger partial charge in [-0.1, -0.05) is 68.4 Å². The highest BCUT2D eigenvalue weighted by molar-refractivity contribution is 6.76. The minimum atomic E-state index is -1.23.